The highest BCUT2D eigenvalue weighted by atomic mass is 32.2. The number of nitrogens with two attached hydrogens (primary N) is 1. The minimum absolute atomic E-state index is 0.0719. The molecule has 3 aliphatic rings. The van der Waals surface area contributed by atoms with Crippen LogP contribution in [0.25, 0.3) is 10.9 Å². The van der Waals surface area contributed by atoms with Crippen LogP contribution in [0, 0.1) is 13.8 Å². The smallest absolute Gasteiger partial charge is 0.324 e. The second-order valence-electron chi connectivity index (χ2n) is 8.90. The largest absolute Gasteiger partial charge is 0.439 e. The van der Waals surface area contributed by atoms with Crippen LogP contribution in [0.3, 0.4) is 0 Å². The first-order valence-electron chi connectivity index (χ1n) is 11.7. The fraction of sp³-hybridized carbons (Fsp3) is 0.385. The average molecular weight is 478 g/mol. The molecule has 34 heavy (non-hydrogen) atoms. The Morgan fingerprint density at radius 2 is 1.85 bits per heavy atom. The third-order valence-electron chi connectivity index (χ3n) is 6.81. The van der Waals surface area contributed by atoms with Crippen molar-refractivity contribution < 1.29 is 9.53 Å². The second-order valence-corrected chi connectivity index (χ2v) is 9.91. The first-order chi connectivity index (χ1) is 16.5. The van der Waals surface area contributed by atoms with Gasteiger partial charge in [-0.1, -0.05) is 18.2 Å². The lowest BCUT2D eigenvalue weighted by atomic mass is 10.0. The van der Waals surface area contributed by atoms with E-state index in [1.54, 1.807) is 11.8 Å². The van der Waals surface area contributed by atoms with Crippen LogP contribution >= 0.6 is 11.8 Å². The monoisotopic (exact) mass is 477 g/mol. The molecule has 3 aliphatic heterocycles. The highest BCUT2D eigenvalue weighted by Crippen LogP contribution is 2.41. The summed E-state index contributed by atoms with van der Waals surface area (Å²) in [7, 11) is 0. The zero-order chi connectivity index (χ0) is 23.8. The average Bonchev–Trinajstić information content (AvgIpc) is 2.85. The van der Waals surface area contributed by atoms with E-state index in [0.29, 0.717) is 13.0 Å². The number of nitrogens with one attached hydrogen (secondary N) is 1. The molecule has 0 radical (unpaired) electrons. The molecule has 2 bridgehead atoms. The number of aromatic nitrogens is 1. The number of ether oxygens (including phenoxy) is 1. The van der Waals surface area contributed by atoms with Crippen LogP contribution in [-0.4, -0.2) is 54.5 Å². The van der Waals surface area contributed by atoms with Crippen molar-refractivity contribution in [1.29, 1.82) is 0 Å². The summed E-state index contributed by atoms with van der Waals surface area (Å²) in [6.45, 7) is 6.35. The van der Waals surface area contributed by atoms with E-state index in [0.717, 1.165) is 52.3 Å². The molecule has 1 aromatic heterocycles. The minimum atomic E-state index is -0.727. The van der Waals surface area contributed by atoms with Crippen molar-refractivity contribution in [2.24, 2.45) is 5.73 Å². The van der Waals surface area contributed by atoms with E-state index in [2.05, 4.69) is 58.6 Å². The molecule has 3 atom stereocenters. The van der Waals surface area contributed by atoms with Crippen LogP contribution in [0.15, 0.2) is 48.5 Å². The van der Waals surface area contributed by atoms with Crippen molar-refractivity contribution in [1.82, 2.24) is 10.3 Å². The molecule has 1 fully saturated rings. The Labute approximate surface area is 204 Å². The summed E-state index contributed by atoms with van der Waals surface area (Å²) in [5.74, 6) is -0.361. The van der Waals surface area contributed by atoms with E-state index in [-0.39, 0.29) is 17.6 Å². The number of hydrogen-bond donors (Lipinski definition) is 2. The Kier molecular flexibility index (Phi) is 6.38. The molecule has 3 N–H and O–H groups in total. The van der Waals surface area contributed by atoms with Gasteiger partial charge < -0.3 is 25.6 Å². The number of esters is 1. The van der Waals surface area contributed by atoms with Crippen molar-refractivity contribution in [3.63, 3.8) is 0 Å². The maximum Gasteiger partial charge on any atom is 0.324 e. The molecule has 6 rings (SSSR count). The van der Waals surface area contributed by atoms with Gasteiger partial charge in [-0.15, -0.1) is 11.8 Å². The van der Waals surface area contributed by atoms with E-state index in [1.807, 2.05) is 25.1 Å². The molecule has 178 valence electrons. The van der Waals surface area contributed by atoms with E-state index in [1.165, 1.54) is 0 Å². The number of aryl methyl sites for hydroxylation is 1. The Morgan fingerprint density at radius 3 is 2.62 bits per heavy atom. The van der Waals surface area contributed by atoms with Crippen LogP contribution in [0.1, 0.15) is 17.7 Å². The molecule has 3 unspecified atom stereocenters. The minimum Gasteiger partial charge on any atom is -0.439 e. The molecular weight excluding hydrogens is 446 g/mol. The third kappa shape index (κ3) is 4.10. The summed E-state index contributed by atoms with van der Waals surface area (Å²) >= 11 is 1.69. The number of hydrogen-bond acceptors (Lipinski definition) is 8. The van der Waals surface area contributed by atoms with Crippen molar-refractivity contribution in [2.45, 2.75) is 37.9 Å². The fourth-order valence-corrected chi connectivity index (χ4v) is 5.72. The maximum absolute atomic E-state index is 13.0. The molecule has 0 saturated carbocycles. The quantitative estimate of drug-likeness (QED) is 0.541. The Hall–Kier alpha value is -2.81. The molecule has 0 spiro atoms. The molecule has 0 amide bonds. The lowest BCUT2D eigenvalue weighted by molar-refractivity contribution is -0.151. The number of piperazine rings is 1. The Morgan fingerprint density at radius 1 is 1.12 bits per heavy atom. The first kappa shape index (κ1) is 23.0. The summed E-state index contributed by atoms with van der Waals surface area (Å²) in [6, 6.07) is 16.1. The fourth-order valence-electron chi connectivity index (χ4n) is 4.89. The van der Waals surface area contributed by atoms with Gasteiger partial charge in [-0.2, -0.15) is 0 Å². The molecule has 4 heterocycles. The number of benzene rings is 2. The Bertz CT molecular complexity index is 1200. The van der Waals surface area contributed by atoms with Gasteiger partial charge in [0.05, 0.1) is 23.1 Å². The predicted molar refractivity (Wildman–Crippen MR) is 140 cm³/mol. The van der Waals surface area contributed by atoms with Crippen LogP contribution < -0.4 is 20.9 Å². The molecule has 3 aromatic rings. The van der Waals surface area contributed by atoms with Crippen LogP contribution in [0.2, 0.25) is 0 Å². The van der Waals surface area contributed by atoms with Gasteiger partial charge in [-0.05, 0) is 56.0 Å². The van der Waals surface area contributed by atoms with Crippen LogP contribution in [0.4, 0.5) is 17.1 Å². The van der Waals surface area contributed by atoms with Crippen LogP contribution in [-0.2, 0) is 9.53 Å². The van der Waals surface area contributed by atoms with E-state index in [4.69, 9.17) is 15.5 Å². The zero-order valence-electron chi connectivity index (χ0n) is 19.8. The standard InChI is InChI=1S/C26H31N5O2S/c1-16-17(2)29-22-7-5-4-6-20(22)25(16)31-19-10-8-18(9-11-19)30-13-12-28-15-23(30)33-26(32)21(27)14-24(31)34-3/h4-11,21,23-24,28H,12-15,27H2,1-3H3. The SMILES string of the molecule is CSC1CC(N)C(=O)OC2CNCCN2c2ccc(cc2)N1c1c(C)c(C)nc2ccccc12. The molecular formula is C26H31N5O2S. The van der Waals surface area contributed by atoms with Crippen molar-refractivity contribution in [3.05, 3.63) is 59.8 Å². The third-order valence-corrected chi connectivity index (χ3v) is 7.76. The highest BCUT2D eigenvalue weighted by molar-refractivity contribution is 7.99. The first-order valence-corrected chi connectivity index (χ1v) is 13.0. The number of carbonyl (C=O) groups is 1. The zero-order valence-corrected chi connectivity index (χ0v) is 20.6. The Balaban J connectivity index is 1.71. The number of rotatable bonds is 2. The van der Waals surface area contributed by atoms with Gasteiger partial charge in [0.1, 0.15) is 6.04 Å². The number of fused-ring (bicyclic) bond motifs is 8. The van der Waals surface area contributed by atoms with Gasteiger partial charge in [0.25, 0.3) is 0 Å². The lowest BCUT2D eigenvalue weighted by Crippen LogP contribution is -2.55. The molecule has 2 aromatic carbocycles. The summed E-state index contributed by atoms with van der Waals surface area (Å²) in [4.78, 5) is 22.3. The van der Waals surface area contributed by atoms with Crippen LogP contribution in [0.5, 0.6) is 0 Å². The van der Waals surface area contributed by atoms with Gasteiger partial charge in [0.2, 0.25) is 0 Å². The van der Waals surface area contributed by atoms with Gasteiger partial charge in [0.15, 0.2) is 6.23 Å². The number of para-hydroxylation sites is 1. The van der Waals surface area contributed by atoms with Gasteiger partial charge in [-0.25, -0.2) is 0 Å². The van der Waals surface area contributed by atoms with Gasteiger partial charge in [-0.3, -0.25) is 9.78 Å². The second kappa shape index (κ2) is 9.44. The van der Waals surface area contributed by atoms with Crippen molar-refractivity contribution in [2.75, 3.05) is 35.7 Å². The number of carbonyl (C=O) groups excluding carboxylic acids is 1. The normalized spacial score (nSPS) is 23.3. The number of nitrogens with zero attached hydrogens (tertiary/aromatic N) is 3. The molecule has 8 heteroatoms. The van der Waals surface area contributed by atoms with Crippen molar-refractivity contribution >= 4 is 45.7 Å². The lowest BCUT2D eigenvalue weighted by Gasteiger charge is -2.40. The molecule has 7 nitrogen and oxygen atoms in total. The van der Waals surface area contributed by atoms with Gasteiger partial charge in [0, 0.05) is 42.0 Å². The number of anilines is 3. The highest BCUT2D eigenvalue weighted by Gasteiger charge is 2.33. The topological polar surface area (TPSA) is 83.7 Å². The summed E-state index contributed by atoms with van der Waals surface area (Å²) < 4.78 is 5.90. The predicted octanol–water partition coefficient (Wildman–Crippen LogP) is 3.69. The van der Waals surface area contributed by atoms with Crippen molar-refractivity contribution in [3.8, 4) is 0 Å². The van der Waals surface area contributed by atoms with E-state index < -0.39 is 6.04 Å². The summed E-state index contributed by atoms with van der Waals surface area (Å²) in [5, 5.41) is 4.33. The van der Waals surface area contributed by atoms with Gasteiger partial charge >= 0.3 is 5.97 Å². The van der Waals surface area contributed by atoms with E-state index in [9.17, 15) is 4.79 Å². The molecule has 0 aliphatic carbocycles. The number of thioether (sulfide) groups is 1. The summed E-state index contributed by atoms with van der Waals surface area (Å²) in [5.41, 5.74) is 12.7. The number of pyridine rings is 1. The maximum atomic E-state index is 13.0. The summed E-state index contributed by atoms with van der Waals surface area (Å²) in [6.07, 6.45) is 2.15. The van der Waals surface area contributed by atoms with E-state index >= 15 is 0 Å². The molecule has 1 saturated heterocycles.